The SMILES string of the molecule is CCCCCCCCCC=[NH+]c1ccccc1.Fc1c(F)c(F)c([B-](c2c(F)c(F)c(F)c(F)c2F)(c2c(F)c(F)c(F)c(F)c2F)c2c(F)c(F)c(F)c(F)c2F)c(F)c1F. The van der Waals surface area contributed by atoms with Crippen molar-refractivity contribution in [1.82, 2.24) is 0 Å². The zero-order valence-electron chi connectivity index (χ0n) is 31.3. The van der Waals surface area contributed by atoms with Crippen molar-refractivity contribution in [2.75, 3.05) is 0 Å². The molecule has 22 heteroatoms. The molecule has 0 fully saturated rings. The third-order valence-corrected chi connectivity index (χ3v) is 9.70. The molecule has 0 aliphatic rings. The van der Waals surface area contributed by atoms with E-state index in [1.54, 1.807) is 0 Å². The highest BCUT2D eigenvalue weighted by molar-refractivity contribution is 7.20. The molecule has 0 radical (unpaired) electrons. The summed E-state index contributed by atoms with van der Waals surface area (Å²) in [5, 5.41) is 0. The lowest BCUT2D eigenvalue weighted by Crippen LogP contribution is -2.81. The summed E-state index contributed by atoms with van der Waals surface area (Å²) in [6.07, 6.45) is 5.80. The van der Waals surface area contributed by atoms with Crippen LogP contribution in [0.5, 0.6) is 0 Å². The van der Waals surface area contributed by atoms with E-state index in [9.17, 15) is 52.7 Å². The van der Waals surface area contributed by atoms with Gasteiger partial charge in [0, 0.05) is 18.6 Å². The molecule has 0 saturated heterocycles. The molecule has 0 atom stereocenters. The molecule has 0 bridgehead atoms. The van der Waals surface area contributed by atoms with Crippen LogP contribution in [0, 0.1) is 116 Å². The highest BCUT2D eigenvalue weighted by Crippen LogP contribution is 2.30. The summed E-state index contributed by atoms with van der Waals surface area (Å²) in [5.41, 5.74) is -13.1. The van der Waals surface area contributed by atoms with Gasteiger partial charge in [-0.25, -0.2) is 92.8 Å². The van der Waals surface area contributed by atoms with Crippen molar-refractivity contribution in [2.24, 2.45) is 0 Å². The maximum Gasteiger partial charge on any atom is 0.203 e. The Kier molecular flexibility index (Phi) is 15.9. The van der Waals surface area contributed by atoms with Gasteiger partial charge in [0.05, 0.1) is 0 Å². The number of hydrogen-bond donors (Lipinski definition) is 1. The maximum absolute atomic E-state index is 15.4. The minimum Gasteiger partial charge on any atom is -0.215 e. The monoisotopic (exact) mass is 911 g/mol. The molecule has 1 nitrogen and oxygen atoms in total. The number of unbranched alkanes of at least 4 members (excludes halogenated alkanes) is 7. The molecule has 1 N–H and O–H groups in total. The molecule has 0 heterocycles. The molecule has 0 unspecified atom stereocenters. The fourth-order valence-electron chi connectivity index (χ4n) is 6.80. The quantitative estimate of drug-likeness (QED) is 0.0303. The third kappa shape index (κ3) is 8.73. The number of hydrogen-bond acceptors (Lipinski definition) is 0. The average Bonchev–Trinajstić information content (AvgIpc) is 3.26. The number of rotatable bonds is 13. The van der Waals surface area contributed by atoms with E-state index < -0.39 is 144 Å². The van der Waals surface area contributed by atoms with Crippen LogP contribution in [0.3, 0.4) is 0 Å². The van der Waals surface area contributed by atoms with Gasteiger partial charge in [0.2, 0.25) is 5.69 Å². The standard InChI is InChI=1S/C24BF20.C16H25N/c26-5-1(6(27)14(35)21(42)13(5)34)25(2-7(28)15(36)22(43)16(37)8(2)29,3-9(30)17(38)23(44)18(39)10(3)31)4-11(32)19(40)24(45)20(41)12(4)33;1-2-3-4-5-6-7-8-12-15-17-16-13-10-9-11-14-16/h;9-11,13-15H,2-8,12H2,1H3/q-1;/p+1. The van der Waals surface area contributed by atoms with Gasteiger partial charge >= 0.3 is 0 Å². The lowest BCUT2D eigenvalue weighted by Gasteiger charge is -2.44. The predicted octanol–water partition coefficient (Wildman–Crippen LogP) is 9.46. The molecule has 5 rings (SSSR count). The first-order chi connectivity index (χ1) is 29.1. The topological polar surface area (TPSA) is 14.0 Å². The first kappa shape index (κ1) is 49.1. The number of halogens is 20. The second-order valence-electron chi connectivity index (χ2n) is 13.4. The van der Waals surface area contributed by atoms with E-state index in [0.717, 1.165) is 0 Å². The fraction of sp³-hybridized carbons (Fsp3) is 0.225. The normalized spacial score (nSPS) is 11.8. The van der Waals surface area contributed by atoms with Gasteiger partial charge in [-0.3, -0.25) is 0 Å². The van der Waals surface area contributed by atoms with Crippen molar-refractivity contribution in [2.45, 2.75) is 58.3 Å². The van der Waals surface area contributed by atoms with E-state index in [4.69, 9.17) is 0 Å². The first-order valence-corrected chi connectivity index (χ1v) is 18.0. The Morgan fingerprint density at radius 3 is 0.855 bits per heavy atom. The van der Waals surface area contributed by atoms with E-state index in [1.807, 2.05) is 6.07 Å². The zero-order chi connectivity index (χ0) is 46.5. The summed E-state index contributed by atoms with van der Waals surface area (Å²) in [6.45, 7) is 2.27. The van der Waals surface area contributed by atoms with Crippen LogP contribution in [0.1, 0.15) is 58.3 Å². The van der Waals surface area contributed by atoms with Crippen LogP contribution in [0.25, 0.3) is 0 Å². The Morgan fingerprint density at radius 2 is 0.581 bits per heavy atom. The summed E-state index contributed by atoms with van der Waals surface area (Å²) < 4.78 is 294. The molecule has 5 aromatic rings. The summed E-state index contributed by atoms with van der Waals surface area (Å²) in [6, 6.07) is 10.4. The van der Waals surface area contributed by atoms with Gasteiger partial charge in [0.25, 0.3) is 0 Å². The van der Waals surface area contributed by atoms with E-state index in [-0.39, 0.29) is 0 Å². The van der Waals surface area contributed by atoms with Crippen LogP contribution in [-0.2, 0) is 0 Å². The summed E-state index contributed by atoms with van der Waals surface area (Å²) >= 11 is 0. The van der Waals surface area contributed by atoms with Crippen LogP contribution in [0.15, 0.2) is 30.3 Å². The third-order valence-electron chi connectivity index (χ3n) is 9.70. The summed E-state index contributed by atoms with van der Waals surface area (Å²) in [4.78, 5) is 3.33. The first-order valence-electron chi connectivity index (χ1n) is 18.0. The molecule has 62 heavy (non-hydrogen) atoms. The molecule has 334 valence electrons. The smallest absolute Gasteiger partial charge is 0.203 e. The van der Waals surface area contributed by atoms with Crippen molar-refractivity contribution < 1.29 is 92.8 Å². The van der Waals surface area contributed by atoms with Crippen molar-refractivity contribution in [3.05, 3.63) is 147 Å². The van der Waals surface area contributed by atoms with Crippen LogP contribution < -0.4 is 26.8 Å². The van der Waals surface area contributed by atoms with Gasteiger partial charge in [0.15, 0.2) is 69.8 Å². The zero-order valence-corrected chi connectivity index (χ0v) is 31.3. The molecular formula is C40H26BF20N. The van der Waals surface area contributed by atoms with Crippen LogP contribution in [0.4, 0.5) is 93.5 Å². The number of para-hydroxylation sites is 1. The van der Waals surface area contributed by atoms with Crippen LogP contribution in [0.2, 0.25) is 0 Å². The van der Waals surface area contributed by atoms with Crippen molar-refractivity contribution in [3.63, 3.8) is 0 Å². The van der Waals surface area contributed by atoms with Crippen molar-refractivity contribution >= 4 is 39.9 Å². The molecule has 0 aliphatic heterocycles. The van der Waals surface area contributed by atoms with Crippen LogP contribution >= 0.6 is 0 Å². The maximum atomic E-state index is 15.4. The molecule has 0 spiro atoms. The Labute approximate surface area is 337 Å². The van der Waals surface area contributed by atoms with Crippen LogP contribution in [-0.4, -0.2) is 12.4 Å². The van der Waals surface area contributed by atoms with E-state index in [0.29, 0.717) is 0 Å². The average molecular weight is 911 g/mol. The molecule has 0 saturated carbocycles. The van der Waals surface area contributed by atoms with Crippen molar-refractivity contribution in [1.29, 1.82) is 0 Å². The highest BCUT2D eigenvalue weighted by atomic mass is 19.2. The second kappa shape index (κ2) is 20.1. The summed E-state index contributed by atoms with van der Waals surface area (Å²) in [7, 11) is 0. The van der Waals surface area contributed by atoms with E-state index in [1.165, 1.54) is 57.1 Å². The Balaban J connectivity index is 0.000000416. The van der Waals surface area contributed by atoms with Gasteiger partial charge in [-0.2, -0.15) is 0 Å². The number of benzene rings is 5. The lowest BCUT2D eigenvalue weighted by atomic mass is 9.12. The molecule has 0 aliphatic carbocycles. The van der Waals surface area contributed by atoms with Gasteiger partial charge < -0.3 is 0 Å². The van der Waals surface area contributed by atoms with E-state index in [2.05, 4.69) is 42.4 Å². The van der Waals surface area contributed by atoms with Gasteiger partial charge in [-0.15, -0.1) is 21.9 Å². The highest BCUT2D eigenvalue weighted by Gasteiger charge is 2.52. The fourth-order valence-corrected chi connectivity index (χ4v) is 6.80. The predicted molar refractivity (Wildman–Crippen MR) is 185 cm³/mol. The number of nitrogens with one attached hydrogen (secondary N) is 1. The van der Waals surface area contributed by atoms with Gasteiger partial charge in [-0.05, 0) is 6.42 Å². The van der Waals surface area contributed by atoms with Crippen molar-refractivity contribution in [3.8, 4) is 0 Å². The van der Waals surface area contributed by atoms with Gasteiger partial charge in [0.1, 0.15) is 58.9 Å². The largest absolute Gasteiger partial charge is 0.215 e. The Bertz CT molecular complexity index is 2110. The lowest BCUT2D eigenvalue weighted by molar-refractivity contribution is -0.349. The molecular weight excluding hydrogens is 885 g/mol. The molecule has 0 aromatic heterocycles. The Hall–Kier alpha value is -5.57. The summed E-state index contributed by atoms with van der Waals surface area (Å²) in [5.74, 6) is -71.4. The minimum atomic E-state index is -7.22. The van der Waals surface area contributed by atoms with E-state index >= 15 is 35.1 Å². The Morgan fingerprint density at radius 1 is 0.339 bits per heavy atom. The minimum absolute atomic E-state index is 1.17. The van der Waals surface area contributed by atoms with Gasteiger partial charge in [-0.1, -0.05) is 63.6 Å². The second-order valence-corrected chi connectivity index (χ2v) is 13.4. The molecule has 5 aromatic carbocycles. The molecule has 0 amide bonds.